The molecule has 0 spiro atoms. The Labute approximate surface area is 86.7 Å². The van der Waals surface area contributed by atoms with Gasteiger partial charge in [-0.2, -0.15) is 0 Å². The fourth-order valence-electron chi connectivity index (χ4n) is 1.25. The van der Waals surface area contributed by atoms with Gasteiger partial charge in [0.1, 0.15) is 18.5 Å². The summed E-state index contributed by atoms with van der Waals surface area (Å²) >= 11 is 0. The number of amides is 1. The molecule has 15 heavy (non-hydrogen) atoms. The first-order chi connectivity index (χ1) is 7.13. The molecule has 1 rings (SSSR count). The van der Waals surface area contributed by atoms with Gasteiger partial charge in [-0.15, -0.1) is 0 Å². The largest absolute Gasteiger partial charge is 0.375 e. The molecular weight excluding hydrogens is 206 g/mol. The van der Waals surface area contributed by atoms with Gasteiger partial charge in [-0.25, -0.2) is 8.78 Å². The van der Waals surface area contributed by atoms with Crippen LogP contribution in [0, 0.1) is 0 Å². The van der Waals surface area contributed by atoms with Gasteiger partial charge in [0.25, 0.3) is 6.43 Å². The number of alkyl halides is 2. The monoisotopic (exact) mass is 220 g/mol. The van der Waals surface area contributed by atoms with E-state index in [1.54, 1.807) is 0 Å². The van der Waals surface area contributed by atoms with Gasteiger partial charge in [-0.3, -0.25) is 9.79 Å². The number of nitrogens with zero attached hydrogens (tertiary/aromatic N) is 1. The zero-order valence-corrected chi connectivity index (χ0v) is 8.50. The zero-order valence-electron chi connectivity index (χ0n) is 8.50. The molecule has 0 aromatic carbocycles. The van der Waals surface area contributed by atoms with Crippen LogP contribution in [0.15, 0.2) is 4.99 Å². The van der Waals surface area contributed by atoms with Gasteiger partial charge < -0.3 is 10.1 Å². The summed E-state index contributed by atoms with van der Waals surface area (Å²) in [6.07, 6.45) is -1.43. The van der Waals surface area contributed by atoms with Gasteiger partial charge in [0.05, 0.1) is 6.61 Å². The van der Waals surface area contributed by atoms with Crippen molar-refractivity contribution in [1.82, 2.24) is 5.32 Å². The van der Waals surface area contributed by atoms with Crippen LogP contribution < -0.4 is 5.32 Å². The van der Waals surface area contributed by atoms with Crippen molar-refractivity contribution in [2.75, 3.05) is 13.2 Å². The third-order valence-electron chi connectivity index (χ3n) is 2.00. The lowest BCUT2D eigenvalue weighted by Gasteiger charge is -2.02. The van der Waals surface area contributed by atoms with Crippen LogP contribution in [0.2, 0.25) is 0 Å². The second-order valence-electron chi connectivity index (χ2n) is 3.21. The van der Waals surface area contributed by atoms with Crippen molar-refractivity contribution in [1.29, 1.82) is 0 Å². The molecule has 0 aromatic heterocycles. The average Bonchev–Trinajstić information content (AvgIpc) is 2.53. The van der Waals surface area contributed by atoms with E-state index in [9.17, 15) is 13.6 Å². The Hall–Kier alpha value is -1.04. The first-order valence-corrected chi connectivity index (χ1v) is 4.87. The Kier molecular flexibility index (Phi) is 4.61. The molecule has 0 radical (unpaired) electrons. The maximum atomic E-state index is 11.7. The molecule has 1 atom stereocenters. The number of amidine groups is 1. The van der Waals surface area contributed by atoms with Crippen LogP contribution in [0.25, 0.3) is 0 Å². The van der Waals surface area contributed by atoms with Crippen molar-refractivity contribution in [3.8, 4) is 0 Å². The van der Waals surface area contributed by atoms with Crippen molar-refractivity contribution < 1.29 is 18.3 Å². The maximum absolute atomic E-state index is 11.7. The number of ether oxygens (including phenoxy) is 1. The summed E-state index contributed by atoms with van der Waals surface area (Å²) in [7, 11) is 0. The molecule has 4 nitrogen and oxygen atoms in total. The number of hydrogen-bond donors (Lipinski definition) is 1. The van der Waals surface area contributed by atoms with E-state index in [1.165, 1.54) is 0 Å². The topological polar surface area (TPSA) is 50.7 Å². The smallest absolute Gasteiger partial charge is 0.261 e. The highest BCUT2D eigenvalue weighted by Crippen LogP contribution is 2.06. The maximum Gasteiger partial charge on any atom is 0.261 e. The standard InChI is InChI=1S/C9H14F2N2O2/c1-2-6-9(14)13-8(12-6)3-4-15-5-7(10)11/h6-7H,2-5H2,1H3,(H,12,13,14). The van der Waals surface area contributed by atoms with Gasteiger partial charge in [-0.05, 0) is 6.42 Å². The molecule has 86 valence electrons. The first kappa shape index (κ1) is 12.0. The van der Waals surface area contributed by atoms with Crippen molar-refractivity contribution in [2.24, 2.45) is 4.99 Å². The summed E-state index contributed by atoms with van der Waals surface area (Å²) < 4.78 is 28.1. The van der Waals surface area contributed by atoms with E-state index in [4.69, 9.17) is 0 Å². The highest BCUT2D eigenvalue weighted by Gasteiger charge is 2.23. The summed E-state index contributed by atoms with van der Waals surface area (Å²) in [5.74, 6) is 0.405. The lowest BCUT2D eigenvalue weighted by molar-refractivity contribution is -0.120. The lowest BCUT2D eigenvalue weighted by atomic mass is 10.2. The molecular formula is C9H14F2N2O2. The molecule has 1 aliphatic heterocycles. The van der Waals surface area contributed by atoms with Gasteiger partial charge in [0.15, 0.2) is 0 Å². The number of carbonyl (C=O) groups excluding carboxylic acids is 1. The van der Waals surface area contributed by atoms with Crippen molar-refractivity contribution in [2.45, 2.75) is 32.2 Å². The fraction of sp³-hybridized carbons (Fsp3) is 0.778. The number of nitrogens with one attached hydrogen (secondary N) is 1. The minimum absolute atomic E-state index is 0.124. The Morgan fingerprint density at radius 3 is 2.87 bits per heavy atom. The summed E-state index contributed by atoms with van der Waals surface area (Å²) in [4.78, 5) is 15.3. The number of halogens is 2. The minimum atomic E-state index is -2.45. The molecule has 0 fully saturated rings. The second kappa shape index (κ2) is 5.75. The lowest BCUT2D eigenvalue weighted by Crippen LogP contribution is -2.29. The summed E-state index contributed by atoms with van der Waals surface area (Å²) in [6, 6.07) is -0.324. The van der Waals surface area contributed by atoms with E-state index in [0.29, 0.717) is 18.7 Å². The summed E-state index contributed by atoms with van der Waals surface area (Å²) in [5, 5.41) is 2.59. The van der Waals surface area contributed by atoms with E-state index < -0.39 is 13.0 Å². The van der Waals surface area contributed by atoms with Crippen LogP contribution in [0.4, 0.5) is 8.78 Å². The van der Waals surface area contributed by atoms with Crippen LogP contribution in [0.3, 0.4) is 0 Å². The molecule has 0 bridgehead atoms. The van der Waals surface area contributed by atoms with E-state index >= 15 is 0 Å². The Balaban J connectivity index is 2.20. The van der Waals surface area contributed by atoms with Crippen LogP contribution in [-0.2, 0) is 9.53 Å². The minimum Gasteiger partial charge on any atom is -0.375 e. The van der Waals surface area contributed by atoms with Crippen molar-refractivity contribution in [3.63, 3.8) is 0 Å². The zero-order chi connectivity index (χ0) is 11.3. The van der Waals surface area contributed by atoms with E-state index in [-0.39, 0.29) is 18.6 Å². The normalized spacial score (nSPS) is 20.7. The number of hydrogen-bond acceptors (Lipinski definition) is 3. The Bertz CT molecular complexity index is 256. The highest BCUT2D eigenvalue weighted by atomic mass is 19.3. The Morgan fingerprint density at radius 2 is 2.33 bits per heavy atom. The SMILES string of the molecule is CCC1N=C(CCOCC(F)F)NC1=O. The predicted octanol–water partition coefficient (Wildman–Crippen LogP) is 0.965. The highest BCUT2D eigenvalue weighted by molar-refractivity contribution is 6.05. The number of carbonyl (C=O) groups is 1. The quantitative estimate of drug-likeness (QED) is 0.678. The molecule has 0 saturated carbocycles. The molecule has 1 N–H and O–H groups in total. The molecule has 1 unspecified atom stereocenters. The van der Waals surface area contributed by atoms with E-state index in [0.717, 1.165) is 0 Å². The molecule has 1 aliphatic rings. The van der Waals surface area contributed by atoms with Crippen molar-refractivity contribution in [3.05, 3.63) is 0 Å². The van der Waals surface area contributed by atoms with E-state index in [2.05, 4.69) is 15.0 Å². The average molecular weight is 220 g/mol. The third-order valence-corrected chi connectivity index (χ3v) is 2.00. The van der Waals surface area contributed by atoms with Crippen LogP contribution in [0.5, 0.6) is 0 Å². The van der Waals surface area contributed by atoms with Crippen LogP contribution in [-0.4, -0.2) is 37.4 Å². The van der Waals surface area contributed by atoms with Crippen LogP contribution >= 0.6 is 0 Å². The van der Waals surface area contributed by atoms with Gasteiger partial charge in [-0.1, -0.05) is 6.92 Å². The molecule has 1 amide bonds. The Morgan fingerprint density at radius 1 is 1.60 bits per heavy atom. The third kappa shape index (κ3) is 3.91. The summed E-state index contributed by atoms with van der Waals surface area (Å²) in [6.45, 7) is 1.45. The fourth-order valence-corrected chi connectivity index (χ4v) is 1.25. The van der Waals surface area contributed by atoms with Crippen LogP contribution in [0.1, 0.15) is 19.8 Å². The van der Waals surface area contributed by atoms with Crippen molar-refractivity contribution >= 4 is 11.7 Å². The summed E-state index contributed by atoms with van der Waals surface area (Å²) in [5.41, 5.74) is 0. The molecule has 1 heterocycles. The van der Waals surface area contributed by atoms with Gasteiger partial charge in [0.2, 0.25) is 5.91 Å². The van der Waals surface area contributed by atoms with Gasteiger partial charge >= 0.3 is 0 Å². The van der Waals surface area contributed by atoms with E-state index in [1.807, 2.05) is 6.92 Å². The molecule has 6 heteroatoms. The number of rotatable bonds is 6. The predicted molar refractivity (Wildman–Crippen MR) is 51.1 cm³/mol. The van der Waals surface area contributed by atoms with Gasteiger partial charge in [0, 0.05) is 6.42 Å². The first-order valence-electron chi connectivity index (χ1n) is 4.87. The molecule has 0 aromatic rings. The second-order valence-corrected chi connectivity index (χ2v) is 3.21. The number of aliphatic imine (C=N–C) groups is 1. The molecule has 0 saturated heterocycles. The molecule has 0 aliphatic carbocycles.